The van der Waals surface area contributed by atoms with E-state index in [0.717, 1.165) is 11.4 Å². The quantitative estimate of drug-likeness (QED) is 0.839. The minimum Gasteiger partial charge on any atom is -0.493 e. The Kier molecular flexibility index (Phi) is 5.14. The highest BCUT2D eigenvalue weighted by molar-refractivity contribution is 5.48. The van der Waals surface area contributed by atoms with Gasteiger partial charge in [-0.1, -0.05) is 26.0 Å². The number of hydrogen-bond donors (Lipinski definition) is 1. The van der Waals surface area contributed by atoms with Crippen molar-refractivity contribution in [3.05, 3.63) is 59.7 Å². The van der Waals surface area contributed by atoms with E-state index < -0.39 is 11.6 Å². The monoisotopic (exact) mass is 291 g/mol. The predicted octanol–water partition coefficient (Wildman–Crippen LogP) is 4.61. The molecule has 0 aliphatic rings. The van der Waals surface area contributed by atoms with Crippen molar-refractivity contribution in [3.8, 4) is 5.75 Å². The van der Waals surface area contributed by atoms with Crippen LogP contribution in [0.5, 0.6) is 5.75 Å². The highest BCUT2D eigenvalue weighted by Gasteiger charge is 2.08. The van der Waals surface area contributed by atoms with Gasteiger partial charge < -0.3 is 10.1 Å². The van der Waals surface area contributed by atoms with Crippen LogP contribution in [0.2, 0.25) is 0 Å². The second-order valence-electron chi connectivity index (χ2n) is 5.29. The van der Waals surface area contributed by atoms with Crippen LogP contribution in [0.1, 0.15) is 19.4 Å². The van der Waals surface area contributed by atoms with Crippen LogP contribution in [-0.2, 0) is 6.54 Å². The van der Waals surface area contributed by atoms with Gasteiger partial charge in [0, 0.05) is 23.9 Å². The van der Waals surface area contributed by atoms with Gasteiger partial charge in [-0.2, -0.15) is 0 Å². The van der Waals surface area contributed by atoms with Gasteiger partial charge in [0.15, 0.2) is 0 Å². The summed E-state index contributed by atoms with van der Waals surface area (Å²) in [7, 11) is 0. The Bertz CT molecular complexity index is 579. The summed E-state index contributed by atoms with van der Waals surface area (Å²) in [6.45, 7) is 4.86. The molecule has 2 aromatic carbocycles. The molecule has 0 spiro atoms. The lowest BCUT2D eigenvalue weighted by atomic mass is 10.2. The van der Waals surface area contributed by atoms with Crippen LogP contribution >= 0.6 is 0 Å². The normalized spacial score (nSPS) is 10.7. The highest BCUT2D eigenvalue weighted by atomic mass is 19.1. The first-order valence-electron chi connectivity index (χ1n) is 6.96. The summed E-state index contributed by atoms with van der Waals surface area (Å²) in [4.78, 5) is 0. The fraction of sp³-hybridized carbons (Fsp3) is 0.294. The number of benzene rings is 2. The van der Waals surface area contributed by atoms with E-state index in [4.69, 9.17) is 4.74 Å². The smallest absolute Gasteiger partial charge is 0.131 e. The fourth-order valence-electron chi connectivity index (χ4n) is 1.85. The third kappa shape index (κ3) is 4.45. The molecule has 0 heterocycles. The van der Waals surface area contributed by atoms with Crippen LogP contribution in [0.25, 0.3) is 0 Å². The van der Waals surface area contributed by atoms with E-state index in [1.807, 2.05) is 24.3 Å². The number of nitrogens with one attached hydrogen (secondary N) is 1. The maximum atomic E-state index is 13.5. The molecule has 0 radical (unpaired) electrons. The Morgan fingerprint density at radius 3 is 2.38 bits per heavy atom. The molecule has 2 nitrogen and oxygen atoms in total. The Morgan fingerprint density at radius 1 is 1.05 bits per heavy atom. The standard InChI is InChI=1S/C17H19F2NO/c1-12(2)11-21-14-6-3-5-13(9-14)20-10-15-16(18)7-4-8-17(15)19/h3-9,12,20H,10-11H2,1-2H3. The number of anilines is 1. The molecule has 112 valence electrons. The zero-order valence-corrected chi connectivity index (χ0v) is 12.2. The van der Waals surface area contributed by atoms with Crippen LogP contribution < -0.4 is 10.1 Å². The maximum Gasteiger partial charge on any atom is 0.131 e. The highest BCUT2D eigenvalue weighted by Crippen LogP contribution is 2.20. The van der Waals surface area contributed by atoms with Crippen molar-refractivity contribution in [2.75, 3.05) is 11.9 Å². The lowest BCUT2D eigenvalue weighted by Gasteiger charge is -2.12. The van der Waals surface area contributed by atoms with Crippen LogP contribution in [-0.4, -0.2) is 6.61 Å². The second kappa shape index (κ2) is 7.07. The number of ether oxygens (including phenoxy) is 1. The van der Waals surface area contributed by atoms with Crippen molar-refractivity contribution < 1.29 is 13.5 Å². The van der Waals surface area contributed by atoms with E-state index in [0.29, 0.717) is 12.5 Å². The summed E-state index contributed by atoms with van der Waals surface area (Å²) < 4.78 is 32.7. The van der Waals surface area contributed by atoms with Crippen LogP contribution in [0.4, 0.5) is 14.5 Å². The molecule has 0 saturated heterocycles. The van der Waals surface area contributed by atoms with Gasteiger partial charge in [-0.05, 0) is 30.2 Å². The summed E-state index contributed by atoms with van der Waals surface area (Å²) in [5.41, 5.74) is 0.796. The number of halogens is 2. The van der Waals surface area contributed by atoms with E-state index in [9.17, 15) is 8.78 Å². The van der Waals surface area contributed by atoms with Gasteiger partial charge >= 0.3 is 0 Å². The molecule has 2 aromatic rings. The predicted molar refractivity (Wildman–Crippen MR) is 80.5 cm³/mol. The van der Waals surface area contributed by atoms with Gasteiger partial charge in [0.05, 0.1) is 6.61 Å². The largest absolute Gasteiger partial charge is 0.493 e. The van der Waals surface area contributed by atoms with Crippen LogP contribution in [0, 0.1) is 17.6 Å². The SMILES string of the molecule is CC(C)COc1cccc(NCc2c(F)cccc2F)c1. The molecule has 0 fully saturated rings. The maximum absolute atomic E-state index is 13.5. The van der Waals surface area contributed by atoms with Crippen molar-refractivity contribution in [1.82, 2.24) is 0 Å². The molecule has 21 heavy (non-hydrogen) atoms. The molecule has 0 atom stereocenters. The molecule has 0 unspecified atom stereocenters. The van der Waals surface area contributed by atoms with Gasteiger partial charge in [0.25, 0.3) is 0 Å². The molecular weight excluding hydrogens is 272 g/mol. The van der Waals surface area contributed by atoms with Crippen LogP contribution in [0.15, 0.2) is 42.5 Å². The summed E-state index contributed by atoms with van der Waals surface area (Å²) >= 11 is 0. The van der Waals surface area contributed by atoms with E-state index in [-0.39, 0.29) is 12.1 Å². The lowest BCUT2D eigenvalue weighted by Crippen LogP contribution is -2.06. The summed E-state index contributed by atoms with van der Waals surface area (Å²) in [6.07, 6.45) is 0. The van der Waals surface area contributed by atoms with Crippen LogP contribution in [0.3, 0.4) is 0 Å². The Morgan fingerprint density at radius 2 is 1.71 bits per heavy atom. The minimum absolute atomic E-state index is 0.0333. The van der Waals surface area contributed by atoms with E-state index in [2.05, 4.69) is 19.2 Å². The van der Waals surface area contributed by atoms with Crippen molar-refractivity contribution in [2.24, 2.45) is 5.92 Å². The topological polar surface area (TPSA) is 21.3 Å². The first kappa shape index (κ1) is 15.3. The average Bonchev–Trinajstić information content (AvgIpc) is 2.45. The molecule has 0 aliphatic heterocycles. The zero-order chi connectivity index (χ0) is 15.2. The molecule has 0 amide bonds. The van der Waals surface area contributed by atoms with Gasteiger partial charge in [0.1, 0.15) is 17.4 Å². The van der Waals surface area contributed by atoms with Gasteiger partial charge in [-0.15, -0.1) is 0 Å². The molecule has 0 aromatic heterocycles. The molecule has 0 saturated carbocycles. The van der Waals surface area contributed by atoms with E-state index in [1.54, 1.807) is 0 Å². The third-order valence-electron chi connectivity index (χ3n) is 2.95. The number of hydrogen-bond acceptors (Lipinski definition) is 2. The van der Waals surface area contributed by atoms with Gasteiger partial charge in [-0.25, -0.2) is 8.78 Å². The summed E-state index contributed by atoms with van der Waals surface area (Å²) in [6, 6.07) is 11.2. The minimum atomic E-state index is -0.547. The lowest BCUT2D eigenvalue weighted by molar-refractivity contribution is 0.271. The number of rotatable bonds is 6. The first-order valence-corrected chi connectivity index (χ1v) is 6.96. The zero-order valence-electron chi connectivity index (χ0n) is 12.2. The summed E-state index contributed by atoms with van der Waals surface area (Å²) in [5.74, 6) is 0.0845. The van der Waals surface area contributed by atoms with Gasteiger partial charge in [0.2, 0.25) is 0 Å². The Hall–Kier alpha value is -2.10. The van der Waals surface area contributed by atoms with Crippen molar-refractivity contribution in [2.45, 2.75) is 20.4 Å². The average molecular weight is 291 g/mol. The van der Waals surface area contributed by atoms with E-state index >= 15 is 0 Å². The Labute approximate surface area is 123 Å². The molecule has 2 rings (SSSR count). The molecule has 0 bridgehead atoms. The molecule has 1 N–H and O–H groups in total. The molecule has 0 aliphatic carbocycles. The van der Waals surface area contributed by atoms with Crippen molar-refractivity contribution >= 4 is 5.69 Å². The Balaban J connectivity index is 2.01. The fourth-order valence-corrected chi connectivity index (χ4v) is 1.85. The van der Waals surface area contributed by atoms with E-state index in [1.165, 1.54) is 18.2 Å². The van der Waals surface area contributed by atoms with Crippen molar-refractivity contribution in [1.29, 1.82) is 0 Å². The third-order valence-corrected chi connectivity index (χ3v) is 2.95. The van der Waals surface area contributed by atoms with Gasteiger partial charge in [-0.3, -0.25) is 0 Å². The molecular formula is C17H19F2NO. The molecule has 4 heteroatoms. The first-order chi connectivity index (χ1) is 10.1. The second-order valence-corrected chi connectivity index (χ2v) is 5.29. The van der Waals surface area contributed by atoms with Crippen molar-refractivity contribution in [3.63, 3.8) is 0 Å². The summed E-state index contributed by atoms with van der Waals surface area (Å²) in [5, 5.41) is 3.01.